The van der Waals surface area contributed by atoms with Crippen molar-refractivity contribution in [2.75, 3.05) is 46.3 Å². The van der Waals surface area contributed by atoms with Crippen molar-refractivity contribution in [1.82, 2.24) is 20.1 Å². The summed E-state index contributed by atoms with van der Waals surface area (Å²) in [5, 5.41) is 3.51. The van der Waals surface area contributed by atoms with E-state index in [0.717, 1.165) is 38.6 Å². The highest BCUT2D eigenvalue weighted by Gasteiger charge is 2.10. The predicted octanol–water partition coefficient (Wildman–Crippen LogP) is 1.18. The van der Waals surface area contributed by atoms with E-state index < -0.39 is 0 Å². The van der Waals surface area contributed by atoms with Crippen LogP contribution >= 0.6 is 0 Å². The van der Waals surface area contributed by atoms with E-state index in [2.05, 4.69) is 27.1 Å². The molecule has 1 aromatic heterocycles. The second kappa shape index (κ2) is 8.30. The lowest BCUT2D eigenvalue weighted by Crippen LogP contribution is -2.33. The SMILES string of the molecule is CN1CCCNCCCN(Cc2ncco2)CCC1. The van der Waals surface area contributed by atoms with Crippen molar-refractivity contribution in [2.45, 2.75) is 25.8 Å². The molecule has 5 heteroatoms. The molecule has 1 aliphatic heterocycles. The zero-order valence-electron chi connectivity index (χ0n) is 12.0. The van der Waals surface area contributed by atoms with Crippen LogP contribution in [0.15, 0.2) is 16.9 Å². The van der Waals surface area contributed by atoms with Crippen LogP contribution in [0.1, 0.15) is 25.2 Å². The molecule has 0 aliphatic carbocycles. The number of oxazole rings is 1. The van der Waals surface area contributed by atoms with E-state index in [9.17, 15) is 0 Å². The van der Waals surface area contributed by atoms with Crippen LogP contribution in [-0.2, 0) is 6.54 Å². The molecule has 0 aromatic carbocycles. The van der Waals surface area contributed by atoms with Crippen LogP contribution in [0.3, 0.4) is 0 Å². The Morgan fingerprint density at radius 1 is 1.16 bits per heavy atom. The van der Waals surface area contributed by atoms with Gasteiger partial charge in [-0.15, -0.1) is 0 Å². The molecule has 0 amide bonds. The monoisotopic (exact) mass is 266 g/mol. The van der Waals surface area contributed by atoms with E-state index in [1.807, 2.05) is 0 Å². The van der Waals surface area contributed by atoms with Gasteiger partial charge in [0.15, 0.2) is 0 Å². The normalized spacial score (nSPS) is 21.7. The van der Waals surface area contributed by atoms with E-state index in [-0.39, 0.29) is 0 Å². The fraction of sp³-hybridized carbons (Fsp3) is 0.786. The second-order valence-corrected chi connectivity index (χ2v) is 5.32. The highest BCUT2D eigenvalue weighted by molar-refractivity contribution is 4.80. The zero-order chi connectivity index (χ0) is 13.3. The van der Waals surface area contributed by atoms with Crippen LogP contribution in [-0.4, -0.2) is 61.1 Å². The number of hydrogen-bond acceptors (Lipinski definition) is 5. The summed E-state index contributed by atoms with van der Waals surface area (Å²) in [4.78, 5) is 9.09. The van der Waals surface area contributed by atoms with Crippen molar-refractivity contribution < 1.29 is 4.42 Å². The van der Waals surface area contributed by atoms with Gasteiger partial charge in [0.25, 0.3) is 0 Å². The Morgan fingerprint density at radius 3 is 2.68 bits per heavy atom. The molecule has 0 spiro atoms. The van der Waals surface area contributed by atoms with Crippen molar-refractivity contribution in [2.24, 2.45) is 0 Å². The summed E-state index contributed by atoms with van der Waals surface area (Å²) in [6, 6.07) is 0. The van der Waals surface area contributed by atoms with E-state index >= 15 is 0 Å². The summed E-state index contributed by atoms with van der Waals surface area (Å²) >= 11 is 0. The van der Waals surface area contributed by atoms with Crippen LogP contribution in [0.25, 0.3) is 0 Å². The third-order valence-electron chi connectivity index (χ3n) is 3.58. The lowest BCUT2D eigenvalue weighted by Gasteiger charge is -2.24. The van der Waals surface area contributed by atoms with E-state index in [4.69, 9.17) is 4.42 Å². The molecule has 0 radical (unpaired) electrons. The lowest BCUT2D eigenvalue weighted by molar-refractivity contribution is 0.213. The highest BCUT2D eigenvalue weighted by atomic mass is 16.3. The van der Waals surface area contributed by atoms with Crippen molar-refractivity contribution in [1.29, 1.82) is 0 Å². The Kier molecular flexibility index (Phi) is 6.33. The van der Waals surface area contributed by atoms with Crippen LogP contribution in [0.5, 0.6) is 0 Å². The topological polar surface area (TPSA) is 44.5 Å². The molecule has 0 atom stereocenters. The van der Waals surface area contributed by atoms with Crippen molar-refractivity contribution in [3.8, 4) is 0 Å². The fourth-order valence-corrected chi connectivity index (χ4v) is 2.49. The molecule has 1 fully saturated rings. The number of nitrogens with one attached hydrogen (secondary N) is 1. The summed E-state index contributed by atoms with van der Waals surface area (Å²) in [7, 11) is 2.21. The molecule has 0 saturated carbocycles. The van der Waals surface area contributed by atoms with Gasteiger partial charge in [0.05, 0.1) is 12.7 Å². The largest absolute Gasteiger partial charge is 0.448 e. The summed E-state index contributed by atoms with van der Waals surface area (Å²) in [6.07, 6.45) is 7.03. The Morgan fingerprint density at radius 2 is 1.89 bits per heavy atom. The van der Waals surface area contributed by atoms with Crippen molar-refractivity contribution >= 4 is 0 Å². The first-order chi connectivity index (χ1) is 9.34. The molecule has 2 rings (SSSR count). The third-order valence-corrected chi connectivity index (χ3v) is 3.58. The minimum Gasteiger partial charge on any atom is -0.448 e. The molecule has 108 valence electrons. The molecule has 1 aliphatic rings. The molecule has 5 nitrogen and oxygen atoms in total. The predicted molar refractivity (Wildman–Crippen MR) is 76.0 cm³/mol. The van der Waals surface area contributed by atoms with Crippen LogP contribution in [0.4, 0.5) is 0 Å². The number of hydrogen-bond donors (Lipinski definition) is 1. The molecule has 1 aromatic rings. The van der Waals surface area contributed by atoms with Gasteiger partial charge >= 0.3 is 0 Å². The molecule has 1 N–H and O–H groups in total. The molecule has 1 saturated heterocycles. The van der Waals surface area contributed by atoms with Gasteiger partial charge in [0.2, 0.25) is 5.89 Å². The summed E-state index contributed by atoms with van der Waals surface area (Å²) in [6.45, 7) is 7.65. The Hall–Kier alpha value is -0.910. The van der Waals surface area contributed by atoms with Gasteiger partial charge in [-0.2, -0.15) is 0 Å². The molecule has 2 heterocycles. The smallest absolute Gasteiger partial charge is 0.208 e. The maximum atomic E-state index is 5.35. The molecule has 0 bridgehead atoms. The van der Waals surface area contributed by atoms with Gasteiger partial charge in [0, 0.05) is 0 Å². The quantitative estimate of drug-likeness (QED) is 0.871. The Labute approximate surface area is 116 Å². The maximum absolute atomic E-state index is 5.35. The first kappa shape index (κ1) is 14.5. The summed E-state index contributed by atoms with van der Waals surface area (Å²) in [5.41, 5.74) is 0. The average molecular weight is 266 g/mol. The van der Waals surface area contributed by atoms with Gasteiger partial charge in [-0.05, 0) is 65.6 Å². The van der Waals surface area contributed by atoms with Gasteiger partial charge < -0.3 is 14.6 Å². The molecule has 19 heavy (non-hydrogen) atoms. The lowest BCUT2D eigenvalue weighted by atomic mass is 10.2. The summed E-state index contributed by atoms with van der Waals surface area (Å²) in [5.74, 6) is 0.827. The Balaban J connectivity index is 1.81. The molecule has 0 unspecified atom stereocenters. The van der Waals surface area contributed by atoms with E-state index in [1.54, 1.807) is 12.5 Å². The maximum Gasteiger partial charge on any atom is 0.208 e. The fourth-order valence-electron chi connectivity index (χ4n) is 2.49. The average Bonchev–Trinajstić information content (AvgIpc) is 2.88. The minimum absolute atomic E-state index is 0.827. The standard InChI is InChI=1S/C14H26N4O/c1-17-8-2-5-15-6-3-10-18(11-4-9-17)13-14-16-7-12-19-14/h7,12,15H,2-6,8-11,13H2,1H3. The van der Waals surface area contributed by atoms with Crippen LogP contribution in [0, 0.1) is 0 Å². The van der Waals surface area contributed by atoms with E-state index in [1.165, 1.54) is 32.4 Å². The first-order valence-electron chi connectivity index (χ1n) is 7.34. The zero-order valence-corrected chi connectivity index (χ0v) is 12.0. The third kappa shape index (κ3) is 5.72. The van der Waals surface area contributed by atoms with Crippen LogP contribution < -0.4 is 5.32 Å². The van der Waals surface area contributed by atoms with Crippen molar-refractivity contribution in [3.05, 3.63) is 18.4 Å². The van der Waals surface area contributed by atoms with E-state index in [0.29, 0.717) is 0 Å². The van der Waals surface area contributed by atoms with Gasteiger partial charge in [-0.3, -0.25) is 4.90 Å². The highest BCUT2D eigenvalue weighted by Crippen LogP contribution is 2.05. The van der Waals surface area contributed by atoms with Gasteiger partial charge in [-0.1, -0.05) is 0 Å². The van der Waals surface area contributed by atoms with Gasteiger partial charge in [0.1, 0.15) is 6.26 Å². The van der Waals surface area contributed by atoms with Crippen LogP contribution in [0.2, 0.25) is 0 Å². The molecular formula is C14H26N4O. The second-order valence-electron chi connectivity index (χ2n) is 5.32. The number of aromatic nitrogens is 1. The number of nitrogens with zero attached hydrogens (tertiary/aromatic N) is 3. The summed E-state index contributed by atoms with van der Waals surface area (Å²) < 4.78 is 5.35. The Bertz CT molecular complexity index is 328. The minimum atomic E-state index is 0.827. The number of rotatable bonds is 2. The van der Waals surface area contributed by atoms with Crippen molar-refractivity contribution in [3.63, 3.8) is 0 Å². The molecular weight excluding hydrogens is 240 g/mol. The van der Waals surface area contributed by atoms with Gasteiger partial charge in [-0.25, -0.2) is 4.98 Å². The first-order valence-corrected chi connectivity index (χ1v) is 7.34.